The normalized spacial score (nSPS) is 24.8. The highest BCUT2D eigenvalue weighted by Crippen LogP contribution is 2.27. The van der Waals surface area contributed by atoms with Gasteiger partial charge in [0, 0.05) is 12.8 Å². The van der Waals surface area contributed by atoms with Crippen LogP contribution in [0.2, 0.25) is 0 Å². The fourth-order valence-electron chi connectivity index (χ4n) is 9.21. The zero-order chi connectivity index (χ0) is 54.6. The van der Waals surface area contributed by atoms with Gasteiger partial charge in [-0.2, -0.15) is 0 Å². The van der Waals surface area contributed by atoms with E-state index >= 15 is 0 Å². The van der Waals surface area contributed by atoms with Gasteiger partial charge in [-0.15, -0.1) is 0 Å². The van der Waals surface area contributed by atoms with Gasteiger partial charge in [-0.1, -0.05) is 210 Å². The number of aliphatic hydroxyl groups excluding tert-OH is 7. The van der Waals surface area contributed by atoms with E-state index in [-0.39, 0.29) is 19.4 Å². The van der Waals surface area contributed by atoms with Crippen molar-refractivity contribution in [2.75, 3.05) is 26.4 Å². The van der Waals surface area contributed by atoms with Crippen LogP contribution in [0, 0.1) is 0 Å². The van der Waals surface area contributed by atoms with E-state index in [1.165, 1.54) is 122 Å². The van der Waals surface area contributed by atoms with Crippen LogP contribution in [0.1, 0.15) is 226 Å². The van der Waals surface area contributed by atoms with Gasteiger partial charge in [0.2, 0.25) is 0 Å². The van der Waals surface area contributed by atoms with Crippen molar-refractivity contribution in [1.82, 2.24) is 0 Å². The molecule has 0 aromatic rings. The minimum atomic E-state index is -1.77. The van der Waals surface area contributed by atoms with E-state index in [0.29, 0.717) is 12.8 Å². The molecule has 0 radical (unpaired) electrons. The third kappa shape index (κ3) is 33.5. The van der Waals surface area contributed by atoms with Crippen LogP contribution in [0.15, 0.2) is 48.6 Å². The summed E-state index contributed by atoms with van der Waals surface area (Å²) in [6, 6.07) is 0. The Bertz CT molecular complexity index is 1490. The van der Waals surface area contributed by atoms with Gasteiger partial charge in [0.05, 0.1) is 19.8 Å². The molecule has 0 bridgehead atoms. The van der Waals surface area contributed by atoms with Crippen molar-refractivity contribution in [2.24, 2.45) is 0 Å². The number of hydrogen-bond donors (Lipinski definition) is 7. The molecule has 2 rings (SSSR count). The van der Waals surface area contributed by atoms with E-state index < -0.39 is 99.3 Å². The van der Waals surface area contributed by atoms with Crippen molar-refractivity contribution in [3.8, 4) is 0 Å². The van der Waals surface area contributed by atoms with Crippen LogP contribution in [0.4, 0.5) is 0 Å². The highest BCUT2D eigenvalue weighted by Gasteiger charge is 2.47. The number of hydrogen-bond acceptors (Lipinski definition) is 15. The molecule has 436 valence electrons. The van der Waals surface area contributed by atoms with Crippen molar-refractivity contribution in [3.63, 3.8) is 0 Å². The second-order valence-corrected chi connectivity index (χ2v) is 20.8. The summed E-state index contributed by atoms with van der Waals surface area (Å²) in [5.41, 5.74) is 0. The molecule has 7 N–H and O–H groups in total. The molecule has 15 heteroatoms. The van der Waals surface area contributed by atoms with Gasteiger partial charge in [0.15, 0.2) is 18.7 Å². The zero-order valence-electron chi connectivity index (χ0n) is 46.5. The third-order valence-electron chi connectivity index (χ3n) is 14.0. The summed E-state index contributed by atoms with van der Waals surface area (Å²) in [7, 11) is 0. The molecule has 75 heavy (non-hydrogen) atoms. The number of allylic oxidation sites excluding steroid dienone is 8. The van der Waals surface area contributed by atoms with Crippen LogP contribution in [0.5, 0.6) is 0 Å². The predicted molar refractivity (Wildman–Crippen MR) is 293 cm³/mol. The number of aliphatic hydroxyl groups is 7. The van der Waals surface area contributed by atoms with Crippen LogP contribution in [0.25, 0.3) is 0 Å². The summed E-state index contributed by atoms with van der Waals surface area (Å²) in [5.74, 6) is -0.953. The Morgan fingerprint density at radius 2 is 0.827 bits per heavy atom. The average molecular weight is 1070 g/mol. The van der Waals surface area contributed by atoms with E-state index in [2.05, 4.69) is 62.5 Å². The number of unbranched alkanes of at least 4 members (excludes halogenated alkanes) is 25. The Morgan fingerprint density at radius 1 is 0.427 bits per heavy atom. The van der Waals surface area contributed by atoms with Crippen LogP contribution in [-0.2, 0) is 38.0 Å². The fraction of sp³-hybridized carbons (Fsp3) is 0.833. The molecule has 0 aromatic carbocycles. The van der Waals surface area contributed by atoms with Gasteiger partial charge in [-0.05, 0) is 51.4 Å². The second-order valence-electron chi connectivity index (χ2n) is 20.8. The average Bonchev–Trinajstić information content (AvgIpc) is 3.40. The summed E-state index contributed by atoms with van der Waals surface area (Å²) in [4.78, 5) is 25.9. The van der Waals surface area contributed by atoms with Crippen LogP contribution < -0.4 is 0 Å². The second kappa shape index (κ2) is 46.4. The van der Waals surface area contributed by atoms with E-state index in [0.717, 1.165) is 64.2 Å². The number of carbonyl (C=O) groups excluding carboxylic acids is 2. The Hall–Kier alpha value is -2.54. The van der Waals surface area contributed by atoms with E-state index in [1.807, 2.05) is 0 Å². The first-order valence-electron chi connectivity index (χ1n) is 29.7. The topological polar surface area (TPSA) is 231 Å². The third-order valence-corrected chi connectivity index (χ3v) is 14.0. The molecule has 15 nitrogen and oxygen atoms in total. The molecule has 0 amide bonds. The number of rotatable bonds is 47. The number of carbonyl (C=O) groups is 2. The molecule has 0 saturated carbocycles. The maximum atomic E-state index is 13.1. The molecular weight excluding hydrogens is 961 g/mol. The smallest absolute Gasteiger partial charge is 0.306 e. The molecule has 2 aliphatic rings. The van der Waals surface area contributed by atoms with Crippen molar-refractivity contribution in [1.29, 1.82) is 0 Å². The Morgan fingerprint density at radius 3 is 1.31 bits per heavy atom. The van der Waals surface area contributed by atoms with Crippen molar-refractivity contribution < 1.29 is 73.8 Å². The van der Waals surface area contributed by atoms with Gasteiger partial charge >= 0.3 is 11.9 Å². The molecule has 2 heterocycles. The maximum absolute atomic E-state index is 13.1. The molecule has 2 saturated heterocycles. The Labute approximate surface area is 452 Å². The summed E-state index contributed by atoms with van der Waals surface area (Å²) in [6.45, 7) is 2.52. The van der Waals surface area contributed by atoms with Crippen LogP contribution in [0.3, 0.4) is 0 Å². The molecule has 2 aliphatic heterocycles. The minimum absolute atomic E-state index is 0.128. The first-order valence-corrected chi connectivity index (χ1v) is 29.7. The standard InChI is InChI=1S/C60H106O15/c1-3-5-7-9-11-13-15-17-19-21-22-23-24-25-27-28-30-32-34-36-38-40-42-51(62)70-45-48(73-52(63)43-41-39-37-35-33-31-29-26-20-18-16-14-12-10-8-6-4-2)46-71-59-58(69)56(67)54(65)50(75-59)47-72-60-57(68)55(66)53(64)49(44-61)74-60/h8,10,14,16,20,26,31,33,48-50,53-61,64-69H,3-7,9,11-13,15,17-19,21-25,27-30,32,34-47H2,1-2H3/b10-8+,16-14+,26-20+,33-31+/t48-,49+,50+,53-,54-,55?,56?,57?,58?,59+,60+/m0/s1. The lowest BCUT2D eigenvalue weighted by Gasteiger charge is -2.42. The van der Waals surface area contributed by atoms with Gasteiger partial charge in [0.1, 0.15) is 55.4 Å². The Balaban J connectivity index is 1.74. The molecule has 4 unspecified atom stereocenters. The minimum Gasteiger partial charge on any atom is -0.462 e. The van der Waals surface area contributed by atoms with Crippen LogP contribution in [-0.4, -0.2) is 142 Å². The Kier molecular flexibility index (Phi) is 42.4. The lowest BCUT2D eigenvalue weighted by Crippen LogP contribution is -2.61. The summed E-state index contributed by atoms with van der Waals surface area (Å²) in [6.07, 6.45) is 37.1. The highest BCUT2D eigenvalue weighted by molar-refractivity contribution is 5.70. The van der Waals surface area contributed by atoms with E-state index in [1.54, 1.807) is 0 Å². The van der Waals surface area contributed by atoms with Gasteiger partial charge in [0.25, 0.3) is 0 Å². The molecular formula is C60H106O15. The molecule has 0 spiro atoms. The lowest BCUT2D eigenvalue weighted by molar-refractivity contribution is -0.332. The van der Waals surface area contributed by atoms with Crippen molar-refractivity contribution >= 4 is 11.9 Å². The largest absolute Gasteiger partial charge is 0.462 e. The number of esters is 2. The lowest BCUT2D eigenvalue weighted by atomic mass is 9.98. The summed E-state index contributed by atoms with van der Waals surface area (Å²) >= 11 is 0. The van der Waals surface area contributed by atoms with Gasteiger partial charge < -0.3 is 64.2 Å². The molecule has 2 fully saturated rings. The van der Waals surface area contributed by atoms with E-state index in [9.17, 15) is 45.3 Å². The highest BCUT2D eigenvalue weighted by atomic mass is 16.7. The fourth-order valence-corrected chi connectivity index (χ4v) is 9.21. The summed E-state index contributed by atoms with van der Waals surface area (Å²) in [5, 5.41) is 72.3. The maximum Gasteiger partial charge on any atom is 0.306 e. The first-order chi connectivity index (χ1) is 36.5. The number of ether oxygens (including phenoxy) is 6. The quantitative estimate of drug-likeness (QED) is 0.0171. The van der Waals surface area contributed by atoms with Gasteiger partial charge in [-0.3, -0.25) is 9.59 Å². The first kappa shape index (κ1) is 68.6. The van der Waals surface area contributed by atoms with Crippen molar-refractivity contribution in [3.05, 3.63) is 48.6 Å². The monoisotopic (exact) mass is 1070 g/mol. The SMILES string of the molecule is CCC/C=C/C/C=C/C/C=C/C/C=C/CCCCCC(=O)O[C@@H](COC(=O)CCCCCCCCCCCCCCCCCCCCCCCC)CO[C@@H]1O[C@H](CO[C@@H]2O[C@H](CO)[C@H](O)C(O)C2O)[C@H](O)C(O)C1O. The zero-order valence-corrected chi connectivity index (χ0v) is 46.5. The summed E-state index contributed by atoms with van der Waals surface area (Å²) < 4.78 is 33.7. The molecule has 11 atom stereocenters. The van der Waals surface area contributed by atoms with Crippen LogP contribution >= 0.6 is 0 Å². The van der Waals surface area contributed by atoms with E-state index in [4.69, 9.17) is 28.4 Å². The predicted octanol–water partition coefficient (Wildman–Crippen LogP) is 10.2. The molecule has 0 aliphatic carbocycles. The van der Waals surface area contributed by atoms with Crippen molar-refractivity contribution in [2.45, 2.75) is 293 Å². The van der Waals surface area contributed by atoms with Gasteiger partial charge in [-0.25, -0.2) is 0 Å². The molecule has 0 aromatic heterocycles.